The van der Waals surface area contributed by atoms with Crippen molar-refractivity contribution in [1.29, 1.82) is 0 Å². The maximum atomic E-state index is 6.09. The van der Waals surface area contributed by atoms with E-state index < -0.39 is 0 Å². The standard InChI is InChI=1S/C19H33NO/c1-7-16(20-8-2)10-9-13-21-18-14-15(3)11-12-17(18)19(4,5)6/h11-12,14,16,20H,7-10,13H2,1-6H3. The fourth-order valence-electron chi connectivity index (χ4n) is 2.62. The van der Waals surface area contributed by atoms with Gasteiger partial charge in [-0.05, 0) is 55.3 Å². The highest BCUT2D eigenvalue weighted by Gasteiger charge is 2.18. The van der Waals surface area contributed by atoms with E-state index in [1.807, 2.05) is 0 Å². The molecule has 0 saturated heterocycles. The summed E-state index contributed by atoms with van der Waals surface area (Å²) in [5.74, 6) is 1.05. The molecule has 0 aliphatic rings. The fourth-order valence-corrected chi connectivity index (χ4v) is 2.62. The van der Waals surface area contributed by atoms with Crippen LogP contribution >= 0.6 is 0 Å². The van der Waals surface area contributed by atoms with Gasteiger partial charge in [-0.1, -0.05) is 46.8 Å². The molecule has 0 aromatic heterocycles. The molecule has 1 unspecified atom stereocenters. The van der Waals surface area contributed by atoms with Crippen molar-refractivity contribution in [2.45, 2.75) is 72.3 Å². The van der Waals surface area contributed by atoms with Crippen molar-refractivity contribution in [2.24, 2.45) is 0 Å². The molecular formula is C19H33NO. The topological polar surface area (TPSA) is 21.3 Å². The molecule has 0 heterocycles. The molecule has 0 amide bonds. The predicted molar refractivity (Wildman–Crippen MR) is 92.4 cm³/mol. The Morgan fingerprint density at radius 3 is 2.48 bits per heavy atom. The fraction of sp³-hybridized carbons (Fsp3) is 0.684. The molecule has 21 heavy (non-hydrogen) atoms. The first-order valence-electron chi connectivity index (χ1n) is 8.35. The Hall–Kier alpha value is -1.02. The average Bonchev–Trinajstić information content (AvgIpc) is 2.41. The van der Waals surface area contributed by atoms with Crippen LogP contribution in [0, 0.1) is 6.92 Å². The highest BCUT2D eigenvalue weighted by molar-refractivity contribution is 5.41. The summed E-state index contributed by atoms with van der Waals surface area (Å²) in [6.07, 6.45) is 3.47. The minimum atomic E-state index is 0.124. The van der Waals surface area contributed by atoms with Crippen molar-refractivity contribution >= 4 is 0 Å². The van der Waals surface area contributed by atoms with E-state index in [1.165, 1.54) is 24.0 Å². The first kappa shape index (κ1) is 18.0. The molecule has 0 aliphatic heterocycles. The van der Waals surface area contributed by atoms with Crippen LogP contribution < -0.4 is 10.1 Å². The van der Waals surface area contributed by atoms with Crippen molar-refractivity contribution in [1.82, 2.24) is 5.32 Å². The molecule has 0 spiro atoms. The summed E-state index contributed by atoms with van der Waals surface area (Å²) in [4.78, 5) is 0. The largest absolute Gasteiger partial charge is 0.493 e. The van der Waals surface area contributed by atoms with Crippen LogP contribution in [-0.4, -0.2) is 19.2 Å². The number of benzene rings is 1. The monoisotopic (exact) mass is 291 g/mol. The van der Waals surface area contributed by atoms with Crippen molar-refractivity contribution in [3.63, 3.8) is 0 Å². The van der Waals surface area contributed by atoms with Gasteiger partial charge < -0.3 is 10.1 Å². The summed E-state index contributed by atoms with van der Waals surface area (Å²) in [6.45, 7) is 15.1. The Balaban J connectivity index is 2.57. The molecule has 0 radical (unpaired) electrons. The third-order valence-corrected chi connectivity index (χ3v) is 3.89. The Morgan fingerprint density at radius 2 is 1.90 bits per heavy atom. The molecular weight excluding hydrogens is 258 g/mol. The van der Waals surface area contributed by atoms with E-state index in [0.717, 1.165) is 25.3 Å². The third-order valence-electron chi connectivity index (χ3n) is 3.89. The van der Waals surface area contributed by atoms with E-state index in [-0.39, 0.29) is 5.41 Å². The first-order chi connectivity index (χ1) is 9.88. The Kier molecular flexibility index (Phi) is 7.24. The van der Waals surface area contributed by atoms with Gasteiger partial charge in [-0.3, -0.25) is 0 Å². The Morgan fingerprint density at radius 1 is 1.19 bits per heavy atom. The van der Waals surface area contributed by atoms with Gasteiger partial charge in [-0.25, -0.2) is 0 Å². The molecule has 1 atom stereocenters. The lowest BCUT2D eigenvalue weighted by Crippen LogP contribution is -2.28. The van der Waals surface area contributed by atoms with Crippen molar-refractivity contribution < 1.29 is 4.74 Å². The maximum absolute atomic E-state index is 6.09. The molecule has 1 aromatic carbocycles. The van der Waals surface area contributed by atoms with Gasteiger partial charge in [0.15, 0.2) is 0 Å². The molecule has 2 heteroatoms. The number of aryl methyl sites for hydroxylation is 1. The number of hydrogen-bond donors (Lipinski definition) is 1. The van der Waals surface area contributed by atoms with Crippen LogP contribution in [0.2, 0.25) is 0 Å². The van der Waals surface area contributed by atoms with Crippen molar-refractivity contribution in [3.8, 4) is 5.75 Å². The van der Waals surface area contributed by atoms with Crippen LogP contribution in [-0.2, 0) is 5.41 Å². The highest BCUT2D eigenvalue weighted by Crippen LogP contribution is 2.32. The molecule has 0 bridgehead atoms. The van der Waals surface area contributed by atoms with Gasteiger partial charge in [0.1, 0.15) is 5.75 Å². The maximum Gasteiger partial charge on any atom is 0.123 e. The van der Waals surface area contributed by atoms with E-state index >= 15 is 0 Å². The molecule has 0 aliphatic carbocycles. The number of hydrogen-bond acceptors (Lipinski definition) is 2. The van der Waals surface area contributed by atoms with Crippen molar-refractivity contribution in [2.75, 3.05) is 13.2 Å². The Labute approximate surface area is 131 Å². The smallest absolute Gasteiger partial charge is 0.123 e. The van der Waals surface area contributed by atoms with Gasteiger partial charge in [0.25, 0.3) is 0 Å². The van der Waals surface area contributed by atoms with Crippen LogP contribution in [0.3, 0.4) is 0 Å². The molecule has 120 valence electrons. The van der Waals surface area contributed by atoms with Gasteiger partial charge in [0, 0.05) is 6.04 Å². The minimum Gasteiger partial charge on any atom is -0.493 e. The number of nitrogens with one attached hydrogen (secondary N) is 1. The summed E-state index contributed by atoms with van der Waals surface area (Å²) in [5.41, 5.74) is 2.68. The predicted octanol–water partition coefficient (Wildman–Crippen LogP) is 4.84. The molecule has 0 saturated carbocycles. The molecule has 2 nitrogen and oxygen atoms in total. The van der Waals surface area contributed by atoms with Gasteiger partial charge in [-0.2, -0.15) is 0 Å². The van der Waals surface area contributed by atoms with E-state index in [9.17, 15) is 0 Å². The lowest BCUT2D eigenvalue weighted by molar-refractivity contribution is 0.288. The molecule has 0 fully saturated rings. The van der Waals surface area contributed by atoms with Crippen LogP contribution in [0.1, 0.15) is 65.0 Å². The Bertz CT molecular complexity index is 420. The number of ether oxygens (including phenoxy) is 1. The molecule has 1 rings (SSSR count). The zero-order valence-electron chi connectivity index (χ0n) is 14.8. The quantitative estimate of drug-likeness (QED) is 0.692. The second kappa shape index (κ2) is 8.43. The average molecular weight is 291 g/mol. The SMILES string of the molecule is CCNC(CC)CCCOc1cc(C)ccc1C(C)(C)C. The third kappa shape index (κ3) is 6.09. The first-order valence-corrected chi connectivity index (χ1v) is 8.35. The van der Waals surface area contributed by atoms with Crippen LogP contribution in [0.4, 0.5) is 0 Å². The summed E-state index contributed by atoms with van der Waals surface area (Å²) in [6, 6.07) is 7.17. The highest BCUT2D eigenvalue weighted by atomic mass is 16.5. The zero-order chi connectivity index (χ0) is 15.9. The van der Waals surface area contributed by atoms with Gasteiger partial charge in [0.2, 0.25) is 0 Å². The van der Waals surface area contributed by atoms with E-state index in [2.05, 4.69) is 65.1 Å². The molecule has 1 aromatic rings. The van der Waals surface area contributed by atoms with Crippen LogP contribution in [0.25, 0.3) is 0 Å². The normalized spacial score (nSPS) is 13.2. The summed E-state index contributed by atoms with van der Waals surface area (Å²) in [7, 11) is 0. The van der Waals surface area contributed by atoms with Crippen LogP contribution in [0.5, 0.6) is 5.75 Å². The summed E-state index contributed by atoms with van der Waals surface area (Å²) in [5, 5.41) is 3.52. The summed E-state index contributed by atoms with van der Waals surface area (Å²) >= 11 is 0. The van der Waals surface area contributed by atoms with Gasteiger partial charge in [0.05, 0.1) is 6.61 Å². The van der Waals surface area contributed by atoms with E-state index in [1.54, 1.807) is 0 Å². The zero-order valence-corrected chi connectivity index (χ0v) is 14.8. The van der Waals surface area contributed by atoms with E-state index in [0.29, 0.717) is 6.04 Å². The van der Waals surface area contributed by atoms with Gasteiger partial charge in [-0.15, -0.1) is 0 Å². The lowest BCUT2D eigenvalue weighted by Gasteiger charge is -2.23. The van der Waals surface area contributed by atoms with Gasteiger partial charge >= 0.3 is 0 Å². The number of rotatable bonds is 8. The lowest BCUT2D eigenvalue weighted by atomic mass is 9.86. The second-order valence-electron chi connectivity index (χ2n) is 6.90. The molecule has 1 N–H and O–H groups in total. The summed E-state index contributed by atoms with van der Waals surface area (Å²) < 4.78 is 6.09. The van der Waals surface area contributed by atoms with E-state index in [4.69, 9.17) is 4.74 Å². The second-order valence-corrected chi connectivity index (χ2v) is 6.90. The minimum absolute atomic E-state index is 0.124. The van der Waals surface area contributed by atoms with Crippen molar-refractivity contribution in [3.05, 3.63) is 29.3 Å². The van der Waals surface area contributed by atoms with Crippen LogP contribution in [0.15, 0.2) is 18.2 Å².